The lowest BCUT2D eigenvalue weighted by Gasteiger charge is -2.34. The second-order valence-electron chi connectivity index (χ2n) is 7.95. The largest absolute Gasteiger partial charge is 0.349 e. The van der Waals surface area contributed by atoms with Crippen molar-refractivity contribution in [3.05, 3.63) is 75.8 Å². The maximum atomic E-state index is 13.5. The highest BCUT2D eigenvalue weighted by Crippen LogP contribution is 2.32. The van der Waals surface area contributed by atoms with E-state index in [0.29, 0.717) is 16.3 Å². The van der Waals surface area contributed by atoms with E-state index in [4.69, 9.17) is 11.6 Å². The summed E-state index contributed by atoms with van der Waals surface area (Å²) in [4.78, 5) is 28.5. The van der Waals surface area contributed by atoms with E-state index in [1.54, 1.807) is 29.6 Å². The average Bonchev–Trinajstić information content (AvgIpc) is 3.21. The highest BCUT2D eigenvalue weighted by atomic mass is 35.5. The maximum Gasteiger partial charge on any atom is 0.280 e. The number of halogens is 1. The number of carbonyl (C=O) groups excluding carboxylic acids is 2. The first-order chi connectivity index (χ1) is 14.2. The lowest BCUT2D eigenvalue weighted by atomic mass is 9.99. The smallest absolute Gasteiger partial charge is 0.280 e. The summed E-state index contributed by atoms with van der Waals surface area (Å²) in [7, 11) is 0. The number of aromatic nitrogens is 2. The number of anilines is 1. The molecule has 2 aromatic carbocycles. The van der Waals surface area contributed by atoms with Gasteiger partial charge in [-0.1, -0.05) is 46.4 Å². The SMILES string of the molecule is Cc1ccccc1N(C(=O)c1csnn1)[C@@H](C(=O)NC(C)(C)C)c1ccc(Cl)cc1. The van der Waals surface area contributed by atoms with Crippen molar-refractivity contribution in [1.82, 2.24) is 14.9 Å². The summed E-state index contributed by atoms with van der Waals surface area (Å²) in [5.41, 5.74) is 1.83. The van der Waals surface area contributed by atoms with Crippen LogP contribution in [0, 0.1) is 6.92 Å². The Bertz CT molecular complexity index is 1030. The zero-order valence-corrected chi connectivity index (χ0v) is 18.8. The molecule has 0 saturated carbocycles. The Balaban J connectivity index is 2.19. The third-order valence-electron chi connectivity index (χ3n) is 4.36. The van der Waals surface area contributed by atoms with Gasteiger partial charge in [0.25, 0.3) is 5.91 Å². The lowest BCUT2D eigenvalue weighted by molar-refractivity contribution is -0.123. The number of hydrogen-bond donors (Lipinski definition) is 1. The van der Waals surface area contributed by atoms with Crippen molar-refractivity contribution in [3.8, 4) is 0 Å². The van der Waals surface area contributed by atoms with Gasteiger partial charge in [0.05, 0.1) is 0 Å². The minimum absolute atomic E-state index is 0.186. The monoisotopic (exact) mass is 442 g/mol. The summed E-state index contributed by atoms with van der Waals surface area (Å²) in [6, 6.07) is 13.5. The zero-order chi connectivity index (χ0) is 21.9. The molecule has 156 valence electrons. The van der Waals surface area contributed by atoms with Crippen LogP contribution >= 0.6 is 23.1 Å². The molecule has 3 rings (SSSR count). The first-order valence-corrected chi connectivity index (χ1v) is 10.6. The molecule has 1 aromatic heterocycles. The Morgan fingerprint density at radius 2 is 1.77 bits per heavy atom. The summed E-state index contributed by atoms with van der Waals surface area (Å²) in [5, 5.41) is 9.07. The Labute approximate surface area is 185 Å². The van der Waals surface area contributed by atoms with Gasteiger partial charge in [0, 0.05) is 21.6 Å². The molecular weight excluding hydrogens is 420 g/mol. The summed E-state index contributed by atoms with van der Waals surface area (Å²) in [5.74, 6) is -0.702. The maximum absolute atomic E-state index is 13.5. The van der Waals surface area contributed by atoms with Gasteiger partial charge in [0.1, 0.15) is 6.04 Å². The molecule has 0 spiro atoms. The molecule has 0 aliphatic heterocycles. The molecule has 0 radical (unpaired) electrons. The van der Waals surface area contributed by atoms with Crippen LogP contribution in [-0.2, 0) is 4.79 Å². The second kappa shape index (κ2) is 8.93. The average molecular weight is 443 g/mol. The molecule has 0 aliphatic carbocycles. The molecule has 3 aromatic rings. The van der Waals surface area contributed by atoms with Crippen LogP contribution in [-0.4, -0.2) is 26.9 Å². The zero-order valence-electron chi connectivity index (χ0n) is 17.2. The van der Waals surface area contributed by atoms with Crippen molar-refractivity contribution in [2.75, 3.05) is 4.90 Å². The number of para-hydroxylation sites is 1. The van der Waals surface area contributed by atoms with E-state index in [9.17, 15) is 9.59 Å². The third-order valence-corrected chi connectivity index (χ3v) is 5.12. The summed E-state index contributed by atoms with van der Waals surface area (Å²) < 4.78 is 3.82. The second-order valence-corrected chi connectivity index (χ2v) is 8.99. The fourth-order valence-corrected chi connectivity index (χ4v) is 3.64. The molecule has 0 fully saturated rings. The Morgan fingerprint density at radius 1 is 1.10 bits per heavy atom. The molecule has 2 amide bonds. The summed E-state index contributed by atoms with van der Waals surface area (Å²) >= 11 is 7.16. The quantitative estimate of drug-likeness (QED) is 0.615. The Hall–Kier alpha value is -2.77. The van der Waals surface area contributed by atoms with Crippen LogP contribution in [0.5, 0.6) is 0 Å². The molecule has 30 heavy (non-hydrogen) atoms. The van der Waals surface area contributed by atoms with E-state index in [2.05, 4.69) is 14.9 Å². The van der Waals surface area contributed by atoms with E-state index in [1.165, 1.54) is 4.90 Å². The molecule has 1 heterocycles. The first kappa shape index (κ1) is 21.9. The van der Waals surface area contributed by atoms with Crippen molar-refractivity contribution >= 4 is 40.6 Å². The van der Waals surface area contributed by atoms with Gasteiger partial charge in [-0.2, -0.15) is 0 Å². The van der Waals surface area contributed by atoms with Crippen LogP contribution in [0.15, 0.2) is 53.9 Å². The van der Waals surface area contributed by atoms with Crippen molar-refractivity contribution in [2.24, 2.45) is 0 Å². The predicted molar refractivity (Wildman–Crippen MR) is 120 cm³/mol. The van der Waals surface area contributed by atoms with Gasteiger partial charge in [-0.25, -0.2) is 0 Å². The minimum atomic E-state index is -0.920. The molecular formula is C22H23ClN4O2S. The van der Waals surface area contributed by atoms with Crippen LogP contribution in [0.2, 0.25) is 5.02 Å². The molecule has 1 N–H and O–H groups in total. The standard InChI is InChI=1S/C22H23ClN4O2S/c1-14-7-5-6-8-18(14)27(21(29)17-13-30-26-25-17)19(20(28)24-22(2,3)4)15-9-11-16(23)12-10-15/h5-13,19H,1-4H3,(H,24,28)/t19-/m1/s1. The lowest BCUT2D eigenvalue weighted by Crippen LogP contribution is -2.49. The molecule has 1 atom stereocenters. The number of hydrogen-bond acceptors (Lipinski definition) is 5. The van der Waals surface area contributed by atoms with Crippen molar-refractivity contribution in [1.29, 1.82) is 0 Å². The van der Waals surface area contributed by atoms with Gasteiger partial charge in [-0.15, -0.1) is 5.10 Å². The van der Waals surface area contributed by atoms with Crippen LogP contribution in [0.25, 0.3) is 0 Å². The molecule has 0 unspecified atom stereocenters. The van der Waals surface area contributed by atoms with Crippen molar-refractivity contribution in [3.63, 3.8) is 0 Å². The van der Waals surface area contributed by atoms with Gasteiger partial charge < -0.3 is 5.32 Å². The van der Waals surface area contributed by atoms with Crippen molar-refractivity contribution < 1.29 is 9.59 Å². The third kappa shape index (κ3) is 5.04. The van der Waals surface area contributed by atoms with Crippen LogP contribution in [0.4, 0.5) is 5.69 Å². The number of carbonyl (C=O) groups is 2. The summed E-state index contributed by atoms with van der Waals surface area (Å²) in [6.45, 7) is 7.59. The molecule has 6 nitrogen and oxygen atoms in total. The molecule has 8 heteroatoms. The van der Waals surface area contributed by atoms with Gasteiger partial charge >= 0.3 is 0 Å². The van der Waals surface area contributed by atoms with E-state index >= 15 is 0 Å². The topological polar surface area (TPSA) is 75.2 Å². The van der Waals surface area contributed by atoms with Crippen LogP contribution < -0.4 is 10.2 Å². The number of aryl methyl sites for hydroxylation is 1. The van der Waals surface area contributed by atoms with E-state index in [-0.39, 0.29) is 11.6 Å². The predicted octanol–water partition coefficient (Wildman–Crippen LogP) is 4.80. The normalized spacial score (nSPS) is 12.3. The highest BCUT2D eigenvalue weighted by Gasteiger charge is 2.36. The van der Waals surface area contributed by atoms with Gasteiger partial charge in [-0.3, -0.25) is 14.5 Å². The van der Waals surface area contributed by atoms with Gasteiger partial charge in [-0.05, 0) is 68.6 Å². The minimum Gasteiger partial charge on any atom is -0.349 e. The number of benzene rings is 2. The molecule has 0 bridgehead atoms. The van der Waals surface area contributed by atoms with Gasteiger partial charge in [0.2, 0.25) is 5.91 Å². The number of amides is 2. The Morgan fingerprint density at radius 3 is 2.33 bits per heavy atom. The van der Waals surface area contributed by atoms with Crippen LogP contribution in [0.1, 0.15) is 48.4 Å². The molecule has 0 saturated heterocycles. The van der Waals surface area contributed by atoms with Crippen LogP contribution in [0.3, 0.4) is 0 Å². The van der Waals surface area contributed by atoms with E-state index in [0.717, 1.165) is 17.1 Å². The summed E-state index contributed by atoms with van der Waals surface area (Å²) in [6.07, 6.45) is 0. The Kier molecular flexibility index (Phi) is 6.53. The number of nitrogens with one attached hydrogen (secondary N) is 1. The van der Waals surface area contributed by atoms with E-state index in [1.807, 2.05) is 52.0 Å². The fourth-order valence-electron chi connectivity index (χ4n) is 3.08. The van der Waals surface area contributed by atoms with Gasteiger partial charge in [0.15, 0.2) is 5.69 Å². The fraction of sp³-hybridized carbons (Fsp3) is 0.273. The highest BCUT2D eigenvalue weighted by molar-refractivity contribution is 7.03. The molecule has 0 aliphatic rings. The first-order valence-electron chi connectivity index (χ1n) is 9.41. The van der Waals surface area contributed by atoms with E-state index < -0.39 is 17.5 Å². The number of rotatable bonds is 5. The van der Waals surface area contributed by atoms with Crippen molar-refractivity contribution in [2.45, 2.75) is 39.3 Å². The number of nitrogens with zero attached hydrogens (tertiary/aromatic N) is 3.